The van der Waals surface area contributed by atoms with Crippen molar-refractivity contribution in [2.24, 2.45) is 16.8 Å². The fourth-order valence-corrected chi connectivity index (χ4v) is 4.38. The van der Waals surface area contributed by atoms with Crippen molar-refractivity contribution in [2.45, 2.75) is 32.6 Å². The minimum Gasteiger partial charge on any atom is -0.381 e. The van der Waals surface area contributed by atoms with E-state index in [0.717, 1.165) is 71.0 Å². The van der Waals surface area contributed by atoms with Crippen molar-refractivity contribution in [1.29, 1.82) is 0 Å². The Kier molecular flexibility index (Phi) is 10.9. The molecule has 1 amide bonds. The molecule has 1 atom stereocenters. The maximum absolute atomic E-state index is 12.7. The van der Waals surface area contributed by atoms with E-state index in [1.54, 1.807) is 7.05 Å². The SMILES string of the molecule is CCOCC1CCN(C(=NC)NCC(=O)N2CCC(Cc3ccccc3)CC2)C1.I. The van der Waals surface area contributed by atoms with Crippen LogP contribution in [0.1, 0.15) is 31.7 Å². The second-order valence-corrected chi connectivity index (χ2v) is 8.17. The van der Waals surface area contributed by atoms with E-state index in [1.165, 1.54) is 5.56 Å². The lowest BCUT2D eigenvalue weighted by Gasteiger charge is -2.32. The molecule has 1 aromatic carbocycles. The molecule has 0 aromatic heterocycles. The Bertz CT molecular complexity index is 662. The molecule has 0 bridgehead atoms. The first-order valence-corrected chi connectivity index (χ1v) is 11.0. The molecule has 168 valence electrons. The fourth-order valence-electron chi connectivity index (χ4n) is 4.38. The molecular weight excluding hydrogens is 491 g/mol. The molecular formula is C23H37IN4O2. The third-order valence-corrected chi connectivity index (χ3v) is 6.09. The fraction of sp³-hybridized carbons (Fsp3) is 0.652. The van der Waals surface area contributed by atoms with Gasteiger partial charge in [0, 0.05) is 45.8 Å². The van der Waals surface area contributed by atoms with Crippen molar-refractivity contribution in [2.75, 3.05) is 53.0 Å². The van der Waals surface area contributed by atoms with E-state index in [9.17, 15) is 4.79 Å². The zero-order chi connectivity index (χ0) is 20.5. The van der Waals surface area contributed by atoms with E-state index in [2.05, 4.69) is 45.5 Å². The summed E-state index contributed by atoms with van der Waals surface area (Å²) < 4.78 is 5.56. The van der Waals surface area contributed by atoms with Gasteiger partial charge in [0.1, 0.15) is 0 Å². The predicted molar refractivity (Wildman–Crippen MR) is 132 cm³/mol. The first-order chi connectivity index (χ1) is 14.2. The maximum atomic E-state index is 12.7. The first kappa shape index (κ1) is 24.9. The van der Waals surface area contributed by atoms with Gasteiger partial charge in [-0.2, -0.15) is 0 Å². The lowest BCUT2D eigenvalue weighted by molar-refractivity contribution is -0.131. The summed E-state index contributed by atoms with van der Waals surface area (Å²) in [6.07, 6.45) is 4.40. The number of rotatable bonds is 7. The highest BCUT2D eigenvalue weighted by Crippen LogP contribution is 2.21. The summed E-state index contributed by atoms with van der Waals surface area (Å²) in [5.74, 6) is 2.23. The van der Waals surface area contributed by atoms with Crippen molar-refractivity contribution < 1.29 is 9.53 Å². The van der Waals surface area contributed by atoms with Gasteiger partial charge in [0.2, 0.25) is 5.91 Å². The van der Waals surface area contributed by atoms with Crippen molar-refractivity contribution >= 4 is 35.8 Å². The van der Waals surface area contributed by atoms with Gasteiger partial charge < -0.3 is 19.9 Å². The molecule has 2 aliphatic rings. The van der Waals surface area contributed by atoms with Gasteiger partial charge in [0.05, 0.1) is 13.2 Å². The third-order valence-electron chi connectivity index (χ3n) is 6.09. The number of likely N-dealkylation sites (tertiary alicyclic amines) is 2. The number of carbonyl (C=O) groups excluding carboxylic acids is 1. The van der Waals surface area contributed by atoms with E-state index < -0.39 is 0 Å². The van der Waals surface area contributed by atoms with Gasteiger partial charge in [-0.15, -0.1) is 24.0 Å². The highest BCUT2D eigenvalue weighted by molar-refractivity contribution is 14.0. The summed E-state index contributed by atoms with van der Waals surface area (Å²) in [6.45, 7) is 7.55. The van der Waals surface area contributed by atoms with Crippen molar-refractivity contribution in [3.63, 3.8) is 0 Å². The van der Waals surface area contributed by atoms with Crippen LogP contribution < -0.4 is 5.32 Å². The van der Waals surface area contributed by atoms with Crippen LogP contribution in [0.4, 0.5) is 0 Å². The maximum Gasteiger partial charge on any atom is 0.241 e. The predicted octanol–water partition coefficient (Wildman–Crippen LogP) is 3.02. The van der Waals surface area contributed by atoms with Crippen LogP contribution >= 0.6 is 24.0 Å². The number of amides is 1. The van der Waals surface area contributed by atoms with Gasteiger partial charge in [-0.25, -0.2) is 0 Å². The van der Waals surface area contributed by atoms with Crippen LogP contribution in [0.3, 0.4) is 0 Å². The average Bonchev–Trinajstić information content (AvgIpc) is 3.22. The summed E-state index contributed by atoms with van der Waals surface area (Å²) in [7, 11) is 1.79. The first-order valence-electron chi connectivity index (χ1n) is 11.0. The Morgan fingerprint density at radius 3 is 2.43 bits per heavy atom. The summed E-state index contributed by atoms with van der Waals surface area (Å²) >= 11 is 0. The van der Waals surface area contributed by atoms with Crippen LogP contribution in [-0.4, -0.2) is 74.7 Å². The Morgan fingerprint density at radius 2 is 1.77 bits per heavy atom. The van der Waals surface area contributed by atoms with Crippen LogP contribution in [0.5, 0.6) is 0 Å². The zero-order valence-electron chi connectivity index (χ0n) is 18.4. The van der Waals surface area contributed by atoms with Gasteiger partial charge in [-0.05, 0) is 44.1 Å². The quantitative estimate of drug-likeness (QED) is 0.336. The molecule has 1 aromatic rings. The lowest BCUT2D eigenvalue weighted by atomic mass is 9.90. The van der Waals surface area contributed by atoms with Crippen molar-refractivity contribution in [3.05, 3.63) is 35.9 Å². The van der Waals surface area contributed by atoms with Crippen LogP contribution in [0.25, 0.3) is 0 Å². The average molecular weight is 528 g/mol. The third kappa shape index (κ3) is 7.41. The number of ether oxygens (including phenoxy) is 1. The smallest absolute Gasteiger partial charge is 0.241 e. The number of nitrogens with one attached hydrogen (secondary N) is 1. The summed E-state index contributed by atoms with van der Waals surface area (Å²) in [5.41, 5.74) is 1.40. The molecule has 2 aliphatic heterocycles. The van der Waals surface area contributed by atoms with E-state index in [4.69, 9.17) is 4.74 Å². The molecule has 1 unspecified atom stereocenters. The number of hydrogen-bond acceptors (Lipinski definition) is 3. The molecule has 3 rings (SSSR count). The molecule has 2 heterocycles. The molecule has 1 N–H and O–H groups in total. The normalized spacial score (nSPS) is 20.2. The van der Waals surface area contributed by atoms with E-state index in [-0.39, 0.29) is 29.9 Å². The zero-order valence-corrected chi connectivity index (χ0v) is 20.7. The number of guanidine groups is 1. The van der Waals surface area contributed by atoms with Gasteiger partial charge in [0.25, 0.3) is 0 Å². The Balaban J connectivity index is 0.00000320. The second kappa shape index (κ2) is 13.1. The number of nitrogens with zero attached hydrogens (tertiary/aromatic N) is 3. The molecule has 0 spiro atoms. The number of hydrogen-bond donors (Lipinski definition) is 1. The monoisotopic (exact) mass is 528 g/mol. The van der Waals surface area contributed by atoms with Crippen molar-refractivity contribution in [3.8, 4) is 0 Å². The number of carbonyl (C=O) groups is 1. The summed E-state index contributed by atoms with van der Waals surface area (Å²) in [4.78, 5) is 21.3. The van der Waals surface area contributed by atoms with Crippen LogP contribution in [0.2, 0.25) is 0 Å². The Labute approximate surface area is 198 Å². The summed E-state index contributed by atoms with van der Waals surface area (Å²) in [5, 5.41) is 3.28. The molecule has 2 saturated heterocycles. The van der Waals surface area contributed by atoms with E-state index in [1.807, 2.05) is 11.8 Å². The Morgan fingerprint density at radius 1 is 1.10 bits per heavy atom. The largest absolute Gasteiger partial charge is 0.381 e. The standard InChI is InChI=1S/C23H36N4O2.HI/c1-3-29-18-21-11-14-27(17-21)23(24-2)25-16-22(28)26-12-9-20(10-13-26)15-19-7-5-4-6-8-19;/h4-8,20-21H,3,9-18H2,1-2H3,(H,24,25);1H. The number of benzene rings is 1. The molecule has 0 radical (unpaired) electrons. The van der Waals surface area contributed by atoms with Crippen molar-refractivity contribution in [1.82, 2.24) is 15.1 Å². The molecule has 6 nitrogen and oxygen atoms in total. The van der Waals surface area contributed by atoms with Gasteiger partial charge in [-0.3, -0.25) is 9.79 Å². The minimum absolute atomic E-state index is 0. The summed E-state index contributed by atoms with van der Waals surface area (Å²) in [6, 6.07) is 10.7. The second-order valence-electron chi connectivity index (χ2n) is 8.17. The molecule has 0 saturated carbocycles. The highest BCUT2D eigenvalue weighted by Gasteiger charge is 2.26. The van der Waals surface area contributed by atoms with Crippen LogP contribution in [0.15, 0.2) is 35.3 Å². The highest BCUT2D eigenvalue weighted by atomic mass is 127. The minimum atomic E-state index is 0. The number of piperidine rings is 1. The molecule has 7 heteroatoms. The number of aliphatic imine (C=N–C) groups is 1. The van der Waals surface area contributed by atoms with Gasteiger partial charge >= 0.3 is 0 Å². The molecule has 0 aliphatic carbocycles. The molecule has 30 heavy (non-hydrogen) atoms. The molecule has 2 fully saturated rings. The number of halogens is 1. The van der Waals surface area contributed by atoms with Crippen LogP contribution in [-0.2, 0) is 16.0 Å². The van der Waals surface area contributed by atoms with Crippen LogP contribution in [0, 0.1) is 11.8 Å². The van der Waals surface area contributed by atoms with Gasteiger partial charge in [-0.1, -0.05) is 30.3 Å². The van der Waals surface area contributed by atoms with Gasteiger partial charge in [0.15, 0.2) is 5.96 Å². The topological polar surface area (TPSA) is 57.2 Å². The van der Waals surface area contributed by atoms with E-state index >= 15 is 0 Å². The lowest BCUT2D eigenvalue weighted by Crippen LogP contribution is -2.47. The van der Waals surface area contributed by atoms with E-state index in [0.29, 0.717) is 18.4 Å². The Hall–Kier alpha value is -1.35.